The zero-order valence-electron chi connectivity index (χ0n) is 21.7. The molecule has 174 valence electrons. The maximum absolute atomic E-state index is 12.9. The Morgan fingerprint density at radius 2 is 1.52 bits per heavy atom. The van der Waals surface area contributed by atoms with Crippen molar-refractivity contribution in [3.8, 4) is 0 Å². The van der Waals surface area contributed by atoms with Gasteiger partial charge in [0.15, 0.2) is 0 Å². The minimum absolute atomic E-state index is 0.136. The molecule has 1 heteroatoms. The van der Waals surface area contributed by atoms with Crippen molar-refractivity contribution >= 4 is 5.78 Å². The van der Waals surface area contributed by atoms with E-state index >= 15 is 0 Å². The lowest BCUT2D eigenvalue weighted by atomic mass is 9.35. The number of fused-ring (bicyclic) bond motifs is 7. The van der Waals surface area contributed by atoms with Gasteiger partial charge in [-0.2, -0.15) is 0 Å². The van der Waals surface area contributed by atoms with E-state index in [4.69, 9.17) is 0 Å². The van der Waals surface area contributed by atoms with Gasteiger partial charge in [-0.3, -0.25) is 4.79 Å². The quantitative estimate of drug-likeness (QED) is 0.387. The van der Waals surface area contributed by atoms with Crippen LogP contribution in [0.5, 0.6) is 0 Å². The van der Waals surface area contributed by atoms with Crippen LogP contribution >= 0.6 is 0 Å². The minimum atomic E-state index is -0.136. The molecule has 0 aromatic heterocycles. The molecule has 4 fully saturated rings. The van der Waals surface area contributed by atoms with E-state index in [2.05, 4.69) is 61.5 Å². The fraction of sp³-hybridized carbons (Fsp3) is 0.900. The summed E-state index contributed by atoms with van der Waals surface area (Å²) in [6, 6.07) is 0. The Kier molecular flexibility index (Phi) is 4.66. The first kappa shape index (κ1) is 22.2. The Hall–Kier alpha value is -0.590. The van der Waals surface area contributed by atoms with E-state index < -0.39 is 0 Å². The smallest absolute Gasteiger partial charge is 0.138 e. The normalized spacial score (nSPS) is 53.3. The summed E-state index contributed by atoms with van der Waals surface area (Å²) in [4.78, 5) is 12.9. The van der Waals surface area contributed by atoms with Crippen molar-refractivity contribution in [1.82, 2.24) is 0 Å². The zero-order chi connectivity index (χ0) is 22.6. The number of ketones is 1. The third-order valence-electron chi connectivity index (χ3n) is 12.8. The first-order valence-corrected chi connectivity index (χ1v) is 13.6. The number of hydrogen-bond donors (Lipinski definition) is 0. The van der Waals surface area contributed by atoms with Gasteiger partial charge in [-0.25, -0.2) is 0 Å². The highest BCUT2D eigenvalue weighted by atomic mass is 16.1. The van der Waals surface area contributed by atoms with Crippen LogP contribution in [0.25, 0.3) is 0 Å². The predicted octanol–water partition coefficient (Wildman–Crippen LogP) is 8.23. The van der Waals surface area contributed by atoms with Crippen LogP contribution in [0, 0.1) is 56.7 Å². The van der Waals surface area contributed by atoms with Crippen LogP contribution in [0.15, 0.2) is 11.6 Å². The lowest BCUT2D eigenvalue weighted by Gasteiger charge is -2.69. The fourth-order valence-electron chi connectivity index (χ4n) is 11.4. The lowest BCUT2D eigenvalue weighted by molar-refractivity contribution is -0.167. The standard InChI is InChI=1S/C30H48O/c1-19(2)30-17-9-20(3)25(30)29(8)15-11-22-27(6)16-13-24(31)26(4,5)21(27)10-14-28(22,7)23(29)12-18-30/h12,19-22,25H,9-11,13-18H2,1-8H3/t20-,21-,22+,25-,27-,28+,29+,30+/m0/s1. The third kappa shape index (κ3) is 2.53. The van der Waals surface area contributed by atoms with E-state index in [0.29, 0.717) is 33.4 Å². The molecule has 0 unspecified atom stereocenters. The Balaban J connectivity index is 1.59. The molecule has 4 saturated carbocycles. The van der Waals surface area contributed by atoms with Gasteiger partial charge in [0.05, 0.1) is 0 Å². The molecule has 1 nitrogen and oxygen atoms in total. The fourth-order valence-corrected chi connectivity index (χ4v) is 11.4. The van der Waals surface area contributed by atoms with Gasteiger partial charge in [0.25, 0.3) is 0 Å². The summed E-state index contributed by atoms with van der Waals surface area (Å²) < 4.78 is 0. The summed E-state index contributed by atoms with van der Waals surface area (Å²) in [7, 11) is 0. The molecule has 0 heterocycles. The average molecular weight is 425 g/mol. The van der Waals surface area contributed by atoms with Gasteiger partial charge in [0, 0.05) is 11.8 Å². The lowest BCUT2D eigenvalue weighted by Crippen LogP contribution is -2.62. The number of carbonyl (C=O) groups excluding carboxylic acids is 1. The van der Waals surface area contributed by atoms with Gasteiger partial charge >= 0.3 is 0 Å². The average Bonchev–Trinajstić information content (AvgIpc) is 3.04. The number of allylic oxidation sites excluding steroid dienone is 2. The molecule has 5 rings (SSSR count). The molecule has 31 heavy (non-hydrogen) atoms. The number of carbonyl (C=O) groups is 1. The van der Waals surface area contributed by atoms with E-state index in [-0.39, 0.29) is 5.41 Å². The summed E-state index contributed by atoms with van der Waals surface area (Å²) in [6.45, 7) is 20.1. The van der Waals surface area contributed by atoms with Crippen LogP contribution in [0.1, 0.15) is 113 Å². The molecule has 0 N–H and O–H groups in total. The maximum atomic E-state index is 12.9. The topological polar surface area (TPSA) is 17.1 Å². The Labute approximate surface area is 192 Å². The molecule has 0 aromatic carbocycles. The van der Waals surface area contributed by atoms with Crippen molar-refractivity contribution in [2.45, 2.75) is 113 Å². The highest BCUT2D eigenvalue weighted by Gasteiger charge is 2.68. The highest BCUT2D eigenvalue weighted by molar-refractivity contribution is 5.85. The van der Waals surface area contributed by atoms with Crippen molar-refractivity contribution in [3.63, 3.8) is 0 Å². The second-order valence-corrected chi connectivity index (χ2v) is 14.4. The summed E-state index contributed by atoms with van der Waals surface area (Å²) >= 11 is 0. The molecule has 0 aromatic rings. The minimum Gasteiger partial charge on any atom is -0.299 e. The molecular weight excluding hydrogens is 376 g/mol. The molecule has 0 saturated heterocycles. The van der Waals surface area contributed by atoms with Gasteiger partial charge in [-0.15, -0.1) is 0 Å². The second-order valence-electron chi connectivity index (χ2n) is 14.4. The molecule has 0 spiro atoms. The number of Topliss-reactive ketones (excluding diaryl/α,β-unsaturated/α-hetero) is 1. The monoisotopic (exact) mass is 424 g/mol. The summed E-state index contributed by atoms with van der Waals surface area (Å²) in [5.41, 5.74) is 3.29. The number of hydrogen-bond acceptors (Lipinski definition) is 1. The first-order chi connectivity index (χ1) is 14.3. The van der Waals surface area contributed by atoms with Crippen molar-refractivity contribution in [1.29, 1.82) is 0 Å². The van der Waals surface area contributed by atoms with E-state index in [1.54, 1.807) is 0 Å². The van der Waals surface area contributed by atoms with Crippen molar-refractivity contribution < 1.29 is 4.79 Å². The molecular formula is C30H48O. The van der Waals surface area contributed by atoms with Gasteiger partial charge in [-0.1, -0.05) is 67.0 Å². The van der Waals surface area contributed by atoms with Crippen molar-refractivity contribution in [2.24, 2.45) is 56.7 Å². The van der Waals surface area contributed by atoms with Gasteiger partial charge in [0.2, 0.25) is 0 Å². The van der Waals surface area contributed by atoms with Crippen LogP contribution in [-0.2, 0) is 4.79 Å². The van der Waals surface area contributed by atoms with E-state index in [9.17, 15) is 4.79 Å². The molecule has 5 aliphatic rings. The maximum Gasteiger partial charge on any atom is 0.138 e. The van der Waals surface area contributed by atoms with Crippen LogP contribution in [0.2, 0.25) is 0 Å². The Morgan fingerprint density at radius 1 is 0.871 bits per heavy atom. The molecule has 8 atom stereocenters. The third-order valence-corrected chi connectivity index (χ3v) is 12.8. The summed E-state index contributed by atoms with van der Waals surface area (Å²) in [5, 5.41) is 0. The molecule has 5 aliphatic carbocycles. The molecule has 0 aliphatic heterocycles. The van der Waals surface area contributed by atoms with Gasteiger partial charge in [0.1, 0.15) is 5.78 Å². The molecule has 0 radical (unpaired) electrons. The van der Waals surface area contributed by atoms with E-state index in [1.807, 2.05) is 5.57 Å². The second kappa shape index (κ2) is 6.50. The molecule has 0 bridgehead atoms. The first-order valence-electron chi connectivity index (χ1n) is 13.6. The SMILES string of the molecule is CC(C)[C@@]12CC=C3[C@]4(C)CC[C@H]5C(C)(C)C(=O)CC[C@]5(C)[C@H]4CC[C@@]3(C)[C@@H]1[C@@H](C)CC2. The summed E-state index contributed by atoms with van der Waals surface area (Å²) in [5.74, 6) is 4.32. The molecule has 0 amide bonds. The predicted molar refractivity (Wildman–Crippen MR) is 130 cm³/mol. The largest absolute Gasteiger partial charge is 0.299 e. The number of rotatable bonds is 1. The Morgan fingerprint density at radius 3 is 2.19 bits per heavy atom. The highest BCUT2D eigenvalue weighted by Crippen LogP contribution is 2.75. The van der Waals surface area contributed by atoms with E-state index in [1.165, 1.54) is 44.9 Å². The van der Waals surface area contributed by atoms with Gasteiger partial charge < -0.3 is 0 Å². The van der Waals surface area contributed by atoms with Crippen LogP contribution < -0.4 is 0 Å². The van der Waals surface area contributed by atoms with Crippen molar-refractivity contribution in [2.75, 3.05) is 0 Å². The van der Waals surface area contributed by atoms with Crippen LogP contribution in [-0.4, -0.2) is 5.78 Å². The van der Waals surface area contributed by atoms with Gasteiger partial charge in [-0.05, 0) is 103 Å². The van der Waals surface area contributed by atoms with Crippen LogP contribution in [0.3, 0.4) is 0 Å². The zero-order valence-corrected chi connectivity index (χ0v) is 21.7. The van der Waals surface area contributed by atoms with Crippen molar-refractivity contribution in [3.05, 3.63) is 11.6 Å². The van der Waals surface area contributed by atoms with Crippen LogP contribution in [0.4, 0.5) is 0 Å². The summed E-state index contributed by atoms with van der Waals surface area (Å²) in [6.07, 6.45) is 14.2. The van der Waals surface area contributed by atoms with E-state index in [0.717, 1.165) is 36.5 Å². The Bertz CT molecular complexity index is 818.